The Labute approximate surface area is 88.3 Å². The van der Waals surface area contributed by atoms with Gasteiger partial charge in [-0.1, -0.05) is 18.2 Å². The van der Waals surface area contributed by atoms with Crippen LogP contribution in [0.3, 0.4) is 0 Å². The molecule has 2 rings (SSSR count). The first-order chi connectivity index (χ1) is 6.74. The van der Waals surface area contributed by atoms with Crippen LogP contribution in [0.4, 0.5) is 0 Å². The van der Waals surface area contributed by atoms with Crippen molar-refractivity contribution in [2.24, 2.45) is 7.05 Å². The fourth-order valence-electron chi connectivity index (χ4n) is 1.58. The highest BCUT2D eigenvalue weighted by Crippen LogP contribution is 2.22. The third-order valence-electron chi connectivity index (χ3n) is 2.37. The van der Waals surface area contributed by atoms with Crippen molar-refractivity contribution in [3.63, 3.8) is 0 Å². The van der Waals surface area contributed by atoms with Gasteiger partial charge in [-0.25, -0.2) is 4.57 Å². The van der Waals surface area contributed by atoms with Gasteiger partial charge in [0, 0.05) is 5.56 Å². The zero-order valence-corrected chi connectivity index (χ0v) is 9.43. The van der Waals surface area contributed by atoms with Crippen LogP contribution in [0, 0.1) is 6.92 Å². The number of hydrogen-bond acceptors (Lipinski definition) is 2. The predicted molar refractivity (Wildman–Crippen MR) is 58.6 cm³/mol. The second-order valence-corrected chi connectivity index (χ2v) is 4.07. The average molecular weight is 205 g/mol. The number of aromatic nitrogens is 2. The van der Waals surface area contributed by atoms with E-state index in [4.69, 9.17) is 0 Å². The molecule has 0 bridgehead atoms. The van der Waals surface area contributed by atoms with E-state index in [1.54, 1.807) is 11.8 Å². The summed E-state index contributed by atoms with van der Waals surface area (Å²) in [6, 6.07) is 8.31. The van der Waals surface area contributed by atoms with Gasteiger partial charge < -0.3 is 0 Å². The van der Waals surface area contributed by atoms with Crippen molar-refractivity contribution in [3.05, 3.63) is 29.8 Å². The first-order valence-corrected chi connectivity index (χ1v) is 5.76. The molecule has 0 radical (unpaired) electrons. The van der Waals surface area contributed by atoms with Crippen LogP contribution in [0.15, 0.2) is 29.4 Å². The molecule has 3 heteroatoms. The lowest BCUT2D eigenvalue weighted by Gasteiger charge is -1.89. The van der Waals surface area contributed by atoms with Gasteiger partial charge in [-0.05, 0) is 36.0 Å². The second kappa shape index (κ2) is 3.58. The fraction of sp³-hybridized carbons (Fsp3) is 0.273. The van der Waals surface area contributed by atoms with Crippen LogP contribution in [-0.2, 0) is 7.05 Å². The number of aryl methyl sites for hydroxylation is 1. The minimum absolute atomic E-state index is 1.06. The highest BCUT2D eigenvalue weighted by atomic mass is 32.2. The number of thioether (sulfide) groups is 1. The van der Waals surface area contributed by atoms with Crippen molar-refractivity contribution in [3.8, 4) is 11.4 Å². The molecule has 0 aromatic rings. The highest BCUT2D eigenvalue weighted by molar-refractivity contribution is 7.98. The van der Waals surface area contributed by atoms with Gasteiger partial charge in [0.15, 0.2) is 5.69 Å². The Balaban J connectivity index is 2.77. The smallest absolute Gasteiger partial charge is 0.217 e. The van der Waals surface area contributed by atoms with E-state index in [2.05, 4.69) is 54.0 Å². The van der Waals surface area contributed by atoms with Gasteiger partial charge in [-0.15, -0.1) is 0 Å². The van der Waals surface area contributed by atoms with Crippen LogP contribution in [0.2, 0.25) is 0 Å². The number of nitrogens with zero attached hydrogens (tertiary/aromatic N) is 2. The summed E-state index contributed by atoms with van der Waals surface area (Å²) >= 11 is 1.68. The molecule has 0 aromatic carbocycles. The molecule has 72 valence electrons. The Kier molecular flexibility index (Phi) is 2.42. The first kappa shape index (κ1) is 9.46. The van der Waals surface area contributed by atoms with Gasteiger partial charge in [0.2, 0.25) is 5.69 Å². The Morgan fingerprint density at radius 3 is 2.71 bits per heavy atom. The van der Waals surface area contributed by atoms with Crippen LogP contribution in [0.1, 0.15) is 5.56 Å². The summed E-state index contributed by atoms with van der Waals surface area (Å²) in [5.74, 6) is 0. The van der Waals surface area contributed by atoms with Crippen molar-refractivity contribution < 1.29 is 4.57 Å². The summed E-state index contributed by atoms with van der Waals surface area (Å²) in [7, 11) is 2.06. The largest absolute Gasteiger partial charge is 0.360 e. The van der Waals surface area contributed by atoms with Gasteiger partial charge >= 0.3 is 5.16 Å². The van der Waals surface area contributed by atoms with E-state index in [9.17, 15) is 0 Å². The van der Waals surface area contributed by atoms with Crippen LogP contribution in [-0.4, -0.2) is 11.2 Å². The van der Waals surface area contributed by atoms with Gasteiger partial charge in [0.05, 0.1) is 7.05 Å². The second-order valence-electron chi connectivity index (χ2n) is 3.29. The van der Waals surface area contributed by atoms with E-state index >= 15 is 0 Å². The van der Waals surface area contributed by atoms with E-state index in [0.717, 1.165) is 10.9 Å². The molecule has 14 heavy (non-hydrogen) atoms. The minimum Gasteiger partial charge on any atom is -0.217 e. The molecule has 0 unspecified atom stereocenters. The third-order valence-corrected chi connectivity index (χ3v) is 3.10. The predicted octanol–water partition coefficient (Wildman–Crippen LogP) is 2.04. The quantitative estimate of drug-likeness (QED) is 0.523. The molecule has 0 N–H and O–H groups in total. The van der Waals surface area contributed by atoms with Crippen LogP contribution < -0.4 is 4.57 Å². The van der Waals surface area contributed by atoms with E-state index in [-0.39, 0.29) is 0 Å². The molecule has 2 aliphatic rings. The van der Waals surface area contributed by atoms with Crippen LogP contribution in [0.25, 0.3) is 11.4 Å². The van der Waals surface area contributed by atoms with Crippen molar-refractivity contribution >= 4 is 11.8 Å². The monoisotopic (exact) mass is 205 g/mol. The SMILES string of the molecule is CSc1nc2c(C)ccccc-2[n+]1C. The number of imidazole rings is 1. The Hall–Kier alpha value is -1.09. The summed E-state index contributed by atoms with van der Waals surface area (Å²) in [6.07, 6.45) is 2.05. The van der Waals surface area contributed by atoms with E-state index in [1.807, 2.05) is 0 Å². The summed E-state index contributed by atoms with van der Waals surface area (Å²) in [5, 5.41) is 1.06. The Bertz CT molecular complexity index is 440. The first-order valence-electron chi connectivity index (χ1n) is 4.53. The van der Waals surface area contributed by atoms with Gasteiger partial charge in [-0.2, -0.15) is 0 Å². The topological polar surface area (TPSA) is 16.8 Å². The molecule has 0 saturated heterocycles. The lowest BCUT2D eigenvalue weighted by atomic mass is 10.2. The molecule has 0 spiro atoms. The Morgan fingerprint density at radius 1 is 1.29 bits per heavy atom. The normalized spacial score (nSPS) is 10.8. The van der Waals surface area contributed by atoms with E-state index in [0.29, 0.717) is 0 Å². The number of rotatable bonds is 1. The van der Waals surface area contributed by atoms with Crippen LogP contribution >= 0.6 is 11.8 Å². The molecule has 1 heterocycles. The Morgan fingerprint density at radius 2 is 2.00 bits per heavy atom. The highest BCUT2D eigenvalue weighted by Gasteiger charge is 2.24. The summed E-state index contributed by atoms with van der Waals surface area (Å²) in [6.45, 7) is 2.10. The van der Waals surface area contributed by atoms with Gasteiger partial charge in [0.25, 0.3) is 0 Å². The minimum atomic E-state index is 1.06. The standard InChI is InChI=1S/C11H13N2S/c1-8-6-4-5-7-9-10(8)12-11(14-3)13(9)2/h4-7H,1-3H3/q+1. The molecule has 2 nitrogen and oxygen atoms in total. The molecular formula is C11H13N2S+. The van der Waals surface area contributed by atoms with E-state index < -0.39 is 0 Å². The molecule has 1 aliphatic carbocycles. The van der Waals surface area contributed by atoms with Crippen LogP contribution in [0.5, 0.6) is 0 Å². The van der Waals surface area contributed by atoms with Gasteiger partial charge in [-0.3, -0.25) is 0 Å². The molecule has 0 amide bonds. The zero-order chi connectivity index (χ0) is 10.1. The number of fused-ring (bicyclic) bond motifs is 1. The maximum Gasteiger partial charge on any atom is 0.360 e. The maximum atomic E-state index is 4.60. The van der Waals surface area contributed by atoms with Crippen molar-refractivity contribution in [1.82, 2.24) is 4.98 Å². The fourth-order valence-corrected chi connectivity index (χ4v) is 2.13. The zero-order valence-electron chi connectivity index (χ0n) is 8.61. The van der Waals surface area contributed by atoms with E-state index in [1.165, 1.54) is 11.3 Å². The lowest BCUT2D eigenvalue weighted by molar-refractivity contribution is -0.697. The summed E-state index contributed by atoms with van der Waals surface area (Å²) in [4.78, 5) is 4.60. The number of hydrogen-bond donors (Lipinski definition) is 0. The maximum absolute atomic E-state index is 4.60. The van der Waals surface area contributed by atoms with Crippen molar-refractivity contribution in [1.29, 1.82) is 0 Å². The summed E-state index contributed by atoms with van der Waals surface area (Å²) < 4.78 is 2.13. The molecular weight excluding hydrogens is 192 g/mol. The third kappa shape index (κ3) is 1.38. The lowest BCUT2D eigenvalue weighted by Crippen LogP contribution is -2.29. The molecule has 0 fully saturated rings. The van der Waals surface area contributed by atoms with Crippen molar-refractivity contribution in [2.45, 2.75) is 12.1 Å². The molecule has 1 aliphatic heterocycles. The molecule has 0 saturated carbocycles. The van der Waals surface area contributed by atoms with Crippen molar-refractivity contribution in [2.75, 3.05) is 6.26 Å². The van der Waals surface area contributed by atoms with Gasteiger partial charge in [0.1, 0.15) is 0 Å². The summed E-state index contributed by atoms with van der Waals surface area (Å²) in [5.41, 5.74) is 3.51. The molecule has 0 aromatic heterocycles. The average Bonchev–Trinajstić information content (AvgIpc) is 2.38. The molecule has 0 atom stereocenters.